The number of amides is 1. The maximum atomic E-state index is 10.6. The van der Waals surface area contributed by atoms with Crippen LogP contribution in [0.1, 0.15) is 122 Å². The third-order valence-electron chi connectivity index (χ3n) is 4.68. The van der Waals surface area contributed by atoms with Crippen molar-refractivity contribution in [3.05, 3.63) is 12.2 Å². The molecule has 2 nitrogen and oxygen atoms in total. The zero-order valence-corrected chi connectivity index (χ0v) is 17.6. The molecule has 0 saturated carbocycles. The lowest BCUT2D eigenvalue weighted by Gasteiger charge is -2.01. The molecule has 0 unspecified atom stereocenters. The van der Waals surface area contributed by atoms with Crippen LogP contribution >= 0.6 is 12.4 Å². The summed E-state index contributed by atoms with van der Waals surface area (Å²) < 4.78 is 0. The first-order valence-corrected chi connectivity index (χ1v) is 10.7. The molecule has 0 aliphatic carbocycles. The van der Waals surface area contributed by atoms with Crippen LogP contribution in [0, 0.1) is 0 Å². The SMILES string of the molecule is CCCCCCCCC=CCCCCCCCCCCCC(N)=O.Cl. The number of carbonyl (C=O) groups excluding carboxylic acids is 1. The first-order chi connectivity index (χ1) is 11.8. The van der Waals surface area contributed by atoms with E-state index in [1.165, 1.54) is 96.3 Å². The number of allylic oxidation sites excluding steroid dienone is 2. The first-order valence-electron chi connectivity index (χ1n) is 10.7. The second-order valence-corrected chi connectivity index (χ2v) is 7.21. The van der Waals surface area contributed by atoms with Gasteiger partial charge in [0, 0.05) is 6.42 Å². The minimum absolute atomic E-state index is 0. The van der Waals surface area contributed by atoms with Gasteiger partial charge < -0.3 is 5.73 Å². The molecule has 0 aromatic carbocycles. The van der Waals surface area contributed by atoms with E-state index in [-0.39, 0.29) is 18.3 Å². The van der Waals surface area contributed by atoms with Gasteiger partial charge in [0.1, 0.15) is 0 Å². The van der Waals surface area contributed by atoms with E-state index < -0.39 is 0 Å². The Morgan fingerprint density at radius 1 is 0.640 bits per heavy atom. The number of nitrogens with two attached hydrogens (primary N) is 1. The van der Waals surface area contributed by atoms with E-state index in [0.29, 0.717) is 6.42 Å². The zero-order chi connectivity index (χ0) is 17.7. The number of rotatable bonds is 19. The van der Waals surface area contributed by atoms with Crippen LogP contribution in [0.4, 0.5) is 0 Å². The average molecular weight is 374 g/mol. The number of primary amides is 1. The van der Waals surface area contributed by atoms with Crippen LogP contribution in [0.25, 0.3) is 0 Å². The van der Waals surface area contributed by atoms with E-state index in [4.69, 9.17) is 5.73 Å². The highest BCUT2D eigenvalue weighted by Gasteiger charge is 1.95. The third-order valence-corrected chi connectivity index (χ3v) is 4.68. The minimum Gasteiger partial charge on any atom is -0.370 e. The van der Waals surface area contributed by atoms with Gasteiger partial charge >= 0.3 is 0 Å². The molecule has 0 bridgehead atoms. The molecule has 0 aliphatic heterocycles. The smallest absolute Gasteiger partial charge is 0.217 e. The minimum atomic E-state index is -0.156. The van der Waals surface area contributed by atoms with Gasteiger partial charge in [-0.3, -0.25) is 4.79 Å². The molecule has 25 heavy (non-hydrogen) atoms. The molecule has 2 N–H and O–H groups in total. The fourth-order valence-corrected chi connectivity index (χ4v) is 3.08. The van der Waals surface area contributed by atoms with Crippen molar-refractivity contribution >= 4 is 18.3 Å². The lowest BCUT2D eigenvalue weighted by Crippen LogP contribution is -2.09. The highest BCUT2D eigenvalue weighted by atomic mass is 35.5. The second-order valence-electron chi connectivity index (χ2n) is 7.21. The van der Waals surface area contributed by atoms with Crippen LogP contribution < -0.4 is 5.73 Å². The summed E-state index contributed by atoms with van der Waals surface area (Å²) in [4.78, 5) is 10.6. The van der Waals surface area contributed by atoms with E-state index in [9.17, 15) is 4.79 Å². The first kappa shape index (κ1) is 26.7. The molecule has 3 heteroatoms. The fourth-order valence-electron chi connectivity index (χ4n) is 3.08. The standard InChI is InChI=1S/C22H43NO.ClH/c1-2-3-4-5-6-7-8-9-10-11-12-13-14-15-16-17-18-19-20-21-22(23)24;/h9-10H,2-8,11-21H2,1H3,(H2,23,24);1H. The summed E-state index contributed by atoms with van der Waals surface area (Å²) in [7, 11) is 0. The van der Waals surface area contributed by atoms with Crippen molar-refractivity contribution in [1.82, 2.24) is 0 Å². The molecular formula is C22H44ClNO. The number of carbonyl (C=O) groups is 1. The molecule has 0 saturated heterocycles. The Labute approximate surface area is 163 Å². The summed E-state index contributed by atoms with van der Waals surface area (Å²) in [6.45, 7) is 2.28. The molecule has 0 aliphatic rings. The van der Waals surface area contributed by atoms with E-state index >= 15 is 0 Å². The molecule has 0 spiro atoms. The van der Waals surface area contributed by atoms with Gasteiger partial charge in [0.15, 0.2) is 0 Å². The Bertz CT molecular complexity index is 292. The van der Waals surface area contributed by atoms with Crippen molar-refractivity contribution in [2.24, 2.45) is 5.73 Å². The van der Waals surface area contributed by atoms with Crippen LogP contribution in [0.2, 0.25) is 0 Å². The Morgan fingerprint density at radius 2 is 1.00 bits per heavy atom. The van der Waals surface area contributed by atoms with Crippen molar-refractivity contribution < 1.29 is 4.79 Å². The summed E-state index contributed by atoms with van der Waals surface area (Å²) in [6, 6.07) is 0. The van der Waals surface area contributed by atoms with Crippen LogP contribution in [0.15, 0.2) is 12.2 Å². The topological polar surface area (TPSA) is 43.1 Å². The zero-order valence-electron chi connectivity index (χ0n) is 16.8. The Hall–Kier alpha value is -0.500. The summed E-state index contributed by atoms with van der Waals surface area (Å²) in [6.07, 6.45) is 27.8. The third kappa shape index (κ3) is 25.8. The van der Waals surface area contributed by atoms with Crippen LogP contribution in [-0.4, -0.2) is 5.91 Å². The van der Waals surface area contributed by atoms with E-state index in [1.807, 2.05) is 0 Å². The molecule has 0 fully saturated rings. The number of hydrogen-bond acceptors (Lipinski definition) is 1. The van der Waals surface area contributed by atoms with Gasteiger partial charge in [0.05, 0.1) is 0 Å². The van der Waals surface area contributed by atoms with Gasteiger partial charge in [0.25, 0.3) is 0 Å². The maximum Gasteiger partial charge on any atom is 0.217 e. The van der Waals surface area contributed by atoms with Gasteiger partial charge in [-0.25, -0.2) is 0 Å². The van der Waals surface area contributed by atoms with Crippen molar-refractivity contribution in [3.8, 4) is 0 Å². The lowest BCUT2D eigenvalue weighted by molar-refractivity contribution is -0.118. The monoisotopic (exact) mass is 373 g/mol. The summed E-state index contributed by atoms with van der Waals surface area (Å²) in [5.41, 5.74) is 5.13. The van der Waals surface area contributed by atoms with Gasteiger partial charge in [-0.1, -0.05) is 96.1 Å². The number of hydrogen-bond donors (Lipinski definition) is 1. The van der Waals surface area contributed by atoms with E-state index in [2.05, 4.69) is 19.1 Å². The van der Waals surface area contributed by atoms with Crippen molar-refractivity contribution in [2.45, 2.75) is 122 Å². The van der Waals surface area contributed by atoms with Crippen LogP contribution in [0.3, 0.4) is 0 Å². The lowest BCUT2D eigenvalue weighted by atomic mass is 10.1. The molecule has 0 radical (unpaired) electrons. The molecule has 0 aromatic rings. The molecule has 0 atom stereocenters. The molecule has 0 rings (SSSR count). The average Bonchev–Trinajstić information content (AvgIpc) is 2.56. The fraction of sp³-hybridized carbons (Fsp3) is 0.864. The molecular weight excluding hydrogens is 330 g/mol. The van der Waals surface area contributed by atoms with E-state index in [1.54, 1.807) is 0 Å². The van der Waals surface area contributed by atoms with Gasteiger partial charge in [-0.2, -0.15) is 0 Å². The molecule has 150 valence electrons. The Balaban J connectivity index is 0. The molecule has 1 amide bonds. The largest absolute Gasteiger partial charge is 0.370 e. The Morgan fingerprint density at radius 3 is 1.40 bits per heavy atom. The van der Waals surface area contributed by atoms with Gasteiger partial charge in [0.2, 0.25) is 5.91 Å². The van der Waals surface area contributed by atoms with Crippen LogP contribution in [-0.2, 0) is 4.79 Å². The predicted octanol–water partition coefficient (Wildman–Crippen LogP) is 7.49. The van der Waals surface area contributed by atoms with Gasteiger partial charge in [-0.05, 0) is 32.1 Å². The molecule has 0 aromatic heterocycles. The highest BCUT2D eigenvalue weighted by Crippen LogP contribution is 2.12. The van der Waals surface area contributed by atoms with Gasteiger partial charge in [-0.15, -0.1) is 12.4 Å². The van der Waals surface area contributed by atoms with Crippen LogP contribution in [0.5, 0.6) is 0 Å². The van der Waals surface area contributed by atoms with Crippen molar-refractivity contribution in [1.29, 1.82) is 0 Å². The second kappa shape index (κ2) is 23.5. The summed E-state index contributed by atoms with van der Waals surface area (Å²) in [5.74, 6) is -0.156. The number of unbranched alkanes of at least 4 members (excludes halogenated alkanes) is 15. The number of halogens is 1. The predicted molar refractivity (Wildman–Crippen MR) is 114 cm³/mol. The van der Waals surface area contributed by atoms with Crippen molar-refractivity contribution in [2.75, 3.05) is 0 Å². The maximum absolute atomic E-state index is 10.6. The normalized spacial score (nSPS) is 10.9. The quantitative estimate of drug-likeness (QED) is 0.185. The summed E-state index contributed by atoms with van der Waals surface area (Å²) >= 11 is 0. The summed E-state index contributed by atoms with van der Waals surface area (Å²) in [5, 5.41) is 0. The van der Waals surface area contributed by atoms with E-state index in [0.717, 1.165) is 12.8 Å². The molecule has 0 heterocycles. The van der Waals surface area contributed by atoms with Crippen molar-refractivity contribution in [3.63, 3.8) is 0 Å². The highest BCUT2D eigenvalue weighted by molar-refractivity contribution is 5.85. The Kier molecular flexibility index (Phi) is 25.1.